The van der Waals surface area contributed by atoms with E-state index in [-0.39, 0.29) is 51.9 Å². The van der Waals surface area contributed by atoms with E-state index >= 15 is 0 Å². The van der Waals surface area contributed by atoms with Gasteiger partial charge in [-0.25, -0.2) is 0 Å². The number of carbonyl (C=O) groups excluding carboxylic acids is 2. The number of para-hydroxylation sites is 2. The lowest BCUT2D eigenvalue weighted by molar-refractivity contribution is -0.137. The number of carbonyl (C=O) groups is 2. The number of anilines is 3. The molecule has 0 saturated carbocycles. The number of ketones is 2. The van der Waals surface area contributed by atoms with Gasteiger partial charge in [0.1, 0.15) is 11.5 Å². The average Bonchev–Trinajstić information content (AvgIpc) is 3.17. The zero-order valence-electron chi connectivity index (χ0n) is 32.5. The molecule has 0 amide bonds. The van der Waals surface area contributed by atoms with Crippen molar-refractivity contribution in [1.29, 1.82) is 0 Å². The second-order valence-electron chi connectivity index (χ2n) is 14.7. The summed E-state index contributed by atoms with van der Waals surface area (Å²) < 4.78 is 42.7. The summed E-state index contributed by atoms with van der Waals surface area (Å²) in [6.45, 7) is 11.5. The summed E-state index contributed by atoms with van der Waals surface area (Å²) in [5.41, 5.74) is 2.06. The van der Waals surface area contributed by atoms with Gasteiger partial charge in [-0.1, -0.05) is 96.6 Å². The minimum Gasteiger partial charge on any atom is -0.507 e. The number of aryl methyl sites for hydroxylation is 1. The van der Waals surface area contributed by atoms with Gasteiger partial charge >= 0.3 is 6.18 Å². The number of nitrogens with zero attached hydrogens (tertiary/aromatic N) is 2. The fraction of sp³-hybridized carbons (Fsp3) is 0.391. The molecule has 292 valence electrons. The van der Waals surface area contributed by atoms with Crippen LogP contribution in [0.3, 0.4) is 0 Å². The van der Waals surface area contributed by atoms with Crippen molar-refractivity contribution in [1.82, 2.24) is 0 Å². The topological polar surface area (TPSA) is 81.1 Å². The second kappa shape index (κ2) is 18.1. The summed E-state index contributed by atoms with van der Waals surface area (Å²) in [7, 11) is 0. The summed E-state index contributed by atoms with van der Waals surface area (Å²) in [6.07, 6.45) is 7.28. The van der Waals surface area contributed by atoms with Gasteiger partial charge in [-0.2, -0.15) is 13.2 Å². The maximum Gasteiger partial charge on any atom is 0.418 e. The molecule has 0 saturated heterocycles. The van der Waals surface area contributed by atoms with Crippen LogP contribution < -0.4 is 9.80 Å². The van der Waals surface area contributed by atoms with Crippen molar-refractivity contribution in [3.63, 3.8) is 0 Å². The van der Waals surface area contributed by atoms with Crippen LogP contribution in [-0.2, 0) is 15.8 Å². The highest BCUT2D eigenvalue weighted by Crippen LogP contribution is 2.45. The van der Waals surface area contributed by atoms with Crippen molar-refractivity contribution < 1.29 is 33.0 Å². The number of halogens is 3. The lowest BCUT2D eigenvalue weighted by Crippen LogP contribution is -2.32. The van der Waals surface area contributed by atoms with E-state index in [1.165, 1.54) is 30.4 Å². The minimum atomic E-state index is -4.61. The van der Waals surface area contributed by atoms with Crippen molar-refractivity contribution >= 4 is 34.2 Å². The number of aromatic hydroxyl groups is 1. The molecule has 0 heterocycles. The van der Waals surface area contributed by atoms with Gasteiger partial charge in [0.2, 0.25) is 5.78 Å². The van der Waals surface area contributed by atoms with Crippen LogP contribution in [0.5, 0.6) is 5.75 Å². The summed E-state index contributed by atoms with van der Waals surface area (Å²) in [5.74, 6) is -1.31. The van der Waals surface area contributed by atoms with E-state index in [9.17, 15) is 33.0 Å². The molecular formula is C46H53F3N2O4. The van der Waals surface area contributed by atoms with Crippen LogP contribution in [0.25, 0.3) is 5.57 Å². The Labute approximate surface area is 323 Å². The van der Waals surface area contributed by atoms with E-state index in [0.717, 1.165) is 80.9 Å². The fourth-order valence-corrected chi connectivity index (χ4v) is 7.54. The summed E-state index contributed by atoms with van der Waals surface area (Å²) in [4.78, 5) is 31.1. The number of phenols is 1. The normalized spacial score (nSPS) is 16.9. The van der Waals surface area contributed by atoms with Gasteiger partial charge in [0.25, 0.3) is 0 Å². The zero-order valence-corrected chi connectivity index (χ0v) is 32.5. The van der Waals surface area contributed by atoms with E-state index in [0.29, 0.717) is 5.92 Å². The fourth-order valence-electron chi connectivity index (χ4n) is 7.54. The van der Waals surface area contributed by atoms with E-state index in [4.69, 9.17) is 0 Å². The number of unbranched alkanes of at least 4 members (excludes halogenated alkanes) is 2. The second-order valence-corrected chi connectivity index (χ2v) is 14.7. The lowest BCUT2D eigenvalue weighted by Gasteiger charge is -2.33. The molecule has 0 radical (unpaired) electrons. The molecule has 3 aromatic rings. The number of benzene rings is 3. The molecular weight excluding hydrogens is 702 g/mol. The minimum absolute atomic E-state index is 0.0550. The van der Waals surface area contributed by atoms with Gasteiger partial charge in [0, 0.05) is 53.4 Å². The molecule has 2 unspecified atom stereocenters. The van der Waals surface area contributed by atoms with Crippen LogP contribution in [0, 0.1) is 18.8 Å². The van der Waals surface area contributed by atoms with Gasteiger partial charge < -0.3 is 20.0 Å². The number of aliphatic hydroxyl groups excluding tert-OH is 1. The molecule has 2 N–H and O–H groups in total. The predicted octanol–water partition coefficient (Wildman–Crippen LogP) is 12.0. The highest BCUT2D eigenvalue weighted by Gasteiger charge is 2.40. The van der Waals surface area contributed by atoms with Crippen molar-refractivity contribution in [2.45, 2.75) is 92.2 Å². The summed E-state index contributed by atoms with van der Waals surface area (Å²) >= 11 is 0. The van der Waals surface area contributed by atoms with Crippen LogP contribution in [0.15, 0.2) is 108 Å². The Morgan fingerprint density at radius 3 is 1.87 bits per heavy atom. The molecule has 0 spiro atoms. The number of phenolic OH excluding ortho intramolecular Hbond substituents is 1. The Bertz CT molecular complexity index is 2010. The number of aliphatic hydroxyl groups is 1. The number of allylic oxidation sites excluding steroid dienone is 6. The van der Waals surface area contributed by atoms with E-state index < -0.39 is 29.1 Å². The number of hydrogen-bond acceptors (Lipinski definition) is 6. The molecule has 0 aliphatic heterocycles. The third-order valence-electron chi connectivity index (χ3n) is 10.9. The molecule has 9 heteroatoms. The van der Waals surface area contributed by atoms with Gasteiger partial charge in [0.15, 0.2) is 5.78 Å². The predicted molar refractivity (Wildman–Crippen MR) is 216 cm³/mol. The highest BCUT2D eigenvalue weighted by atomic mass is 19.4. The highest BCUT2D eigenvalue weighted by molar-refractivity contribution is 6.41. The number of alkyl halides is 3. The Morgan fingerprint density at radius 2 is 1.33 bits per heavy atom. The molecule has 0 bridgehead atoms. The summed E-state index contributed by atoms with van der Waals surface area (Å²) in [5, 5.41) is 22.6. The van der Waals surface area contributed by atoms with Crippen molar-refractivity contribution in [3.05, 3.63) is 124 Å². The van der Waals surface area contributed by atoms with Crippen LogP contribution in [0.2, 0.25) is 0 Å². The SMILES string of the molecule is CCCCC(CC)CN(C1=CC(=O)C(=C2C(=O)C(c3ccc(N(CC(CC)CCCC)c4ccccc4C)cc3O)=C2O)C=C1)c1ccccc1C(F)(F)F. The first kappa shape index (κ1) is 41.1. The third-order valence-corrected chi connectivity index (χ3v) is 10.9. The molecule has 0 aromatic heterocycles. The molecule has 0 fully saturated rings. The molecule has 55 heavy (non-hydrogen) atoms. The Kier molecular flexibility index (Phi) is 13.5. The standard InChI is InChI=1S/C46H53F3N2O4/c1-6-10-17-31(8-3)28-50(38-20-14-12-16-30(38)5)33-22-24-35(40(52)26-33)42-44(54)43(45(42)55)36-25-23-34(27-41(36)53)51(29-32(9-4)18-11-7-2)39-21-15-13-19-37(39)46(47,48)49/h12-16,19-27,31-32,52,54H,6-11,17-18,28-29H2,1-5H3. The number of rotatable bonds is 17. The lowest BCUT2D eigenvalue weighted by atomic mass is 9.79. The van der Waals surface area contributed by atoms with Gasteiger partial charge in [-0.3, -0.25) is 9.59 Å². The van der Waals surface area contributed by atoms with E-state index in [1.807, 2.05) is 44.2 Å². The number of hydrogen-bond donors (Lipinski definition) is 2. The maximum absolute atomic E-state index is 14.2. The van der Waals surface area contributed by atoms with E-state index in [1.54, 1.807) is 23.1 Å². The van der Waals surface area contributed by atoms with Crippen molar-refractivity contribution in [3.8, 4) is 5.75 Å². The number of Topliss-reactive ketones (excluding diaryl/α,β-unsaturated/α-hetero) is 1. The molecule has 2 atom stereocenters. The van der Waals surface area contributed by atoms with Crippen LogP contribution in [-0.4, -0.2) is 34.9 Å². The first-order chi connectivity index (χ1) is 26.3. The molecule has 2 aliphatic rings. The molecule has 3 aromatic carbocycles. The molecule has 5 rings (SSSR count). The zero-order chi connectivity index (χ0) is 39.9. The quantitative estimate of drug-likeness (QED) is 0.134. The first-order valence-corrected chi connectivity index (χ1v) is 19.6. The maximum atomic E-state index is 14.2. The van der Waals surface area contributed by atoms with Crippen molar-refractivity contribution in [2.75, 3.05) is 22.9 Å². The Hall–Kier alpha value is -5.05. The van der Waals surface area contributed by atoms with Crippen molar-refractivity contribution in [2.24, 2.45) is 11.8 Å². The van der Waals surface area contributed by atoms with Crippen LogP contribution in [0.4, 0.5) is 30.2 Å². The first-order valence-electron chi connectivity index (χ1n) is 19.6. The monoisotopic (exact) mass is 754 g/mol. The smallest absolute Gasteiger partial charge is 0.418 e. The van der Waals surface area contributed by atoms with Gasteiger partial charge in [-0.05, 0) is 79.6 Å². The van der Waals surface area contributed by atoms with Gasteiger partial charge in [0.05, 0.1) is 22.4 Å². The largest absolute Gasteiger partial charge is 0.507 e. The molecule has 2 aliphatic carbocycles. The summed E-state index contributed by atoms with van der Waals surface area (Å²) in [6, 6.07) is 18.4. The third kappa shape index (κ3) is 9.09. The van der Waals surface area contributed by atoms with Crippen LogP contribution in [0.1, 0.15) is 95.8 Å². The van der Waals surface area contributed by atoms with Crippen LogP contribution >= 0.6 is 0 Å². The van der Waals surface area contributed by atoms with E-state index in [2.05, 4.69) is 25.7 Å². The molecule has 6 nitrogen and oxygen atoms in total. The van der Waals surface area contributed by atoms with Gasteiger partial charge in [-0.15, -0.1) is 0 Å². The Morgan fingerprint density at radius 1 is 0.727 bits per heavy atom. The Balaban J connectivity index is 1.47. The average molecular weight is 755 g/mol.